The molecule has 2 aliphatic carbocycles. The first-order valence-corrected chi connectivity index (χ1v) is 11.1. The number of nitrogens with two attached hydrogens (primary N) is 1. The molecule has 3 N–H and O–H groups in total. The third kappa shape index (κ3) is 3.41. The van der Waals surface area contributed by atoms with Crippen LogP contribution in [0, 0.1) is 13.8 Å². The lowest BCUT2D eigenvalue weighted by molar-refractivity contribution is -0.124. The van der Waals surface area contributed by atoms with Gasteiger partial charge in [-0.3, -0.25) is 4.79 Å². The van der Waals surface area contributed by atoms with Gasteiger partial charge in [0.05, 0.1) is 4.90 Å². The van der Waals surface area contributed by atoms with Gasteiger partial charge in [0, 0.05) is 12.1 Å². The van der Waals surface area contributed by atoms with Crippen LogP contribution in [0.1, 0.15) is 62.5 Å². The third-order valence-electron chi connectivity index (χ3n) is 6.08. The molecule has 0 bridgehead atoms. The lowest BCUT2D eigenvalue weighted by Gasteiger charge is -2.33. The summed E-state index contributed by atoms with van der Waals surface area (Å²) in [6.45, 7) is 3.68. The van der Waals surface area contributed by atoms with Gasteiger partial charge in [-0.1, -0.05) is 25.0 Å². The number of sulfone groups is 1. The Hall–Kier alpha value is -1.40. The van der Waals surface area contributed by atoms with Crippen LogP contribution < -0.4 is 11.1 Å². The molecule has 0 atom stereocenters. The molecule has 3 rings (SSSR count). The molecule has 0 saturated heterocycles. The topological polar surface area (TPSA) is 89.3 Å². The standard InChI is InChI=1S/C20H30N2O3S/c1-14-5-6-15(2)18(13-14)26(24,25)20(11-3-4-12-20)19(23)22-17-9-7-16(21)8-10-17/h5-6,13,16-17H,3-4,7-12,21H2,1-2H3,(H,22,23). The summed E-state index contributed by atoms with van der Waals surface area (Å²) in [5, 5.41) is 3.06. The summed E-state index contributed by atoms with van der Waals surface area (Å²) < 4.78 is 25.8. The molecule has 6 heteroatoms. The molecule has 2 aliphatic rings. The van der Waals surface area contributed by atoms with Crippen molar-refractivity contribution < 1.29 is 13.2 Å². The Labute approximate surface area is 156 Å². The van der Waals surface area contributed by atoms with E-state index in [1.807, 2.05) is 19.1 Å². The molecule has 5 nitrogen and oxygen atoms in total. The normalized spacial score (nSPS) is 25.8. The van der Waals surface area contributed by atoms with Gasteiger partial charge in [-0.2, -0.15) is 0 Å². The minimum Gasteiger partial charge on any atom is -0.352 e. The third-order valence-corrected chi connectivity index (χ3v) is 8.72. The summed E-state index contributed by atoms with van der Waals surface area (Å²) in [6.07, 6.45) is 5.75. The molecule has 1 amide bonds. The minimum absolute atomic E-state index is 0.0357. The predicted molar refractivity (Wildman–Crippen MR) is 103 cm³/mol. The highest BCUT2D eigenvalue weighted by molar-refractivity contribution is 7.93. The van der Waals surface area contributed by atoms with Crippen molar-refractivity contribution in [1.82, 2.24) is 5.32 Å². The van der Waals surface area contributed by atoms with Crippen LogP contribution in [0.15, 0.2) is 23.1 Å². The van der Waals surface area contributed by atoms with E-state index in [9.17, 15) is 13.2 Å². The van der Waals surface area contributed by atoms with E-state index in [0.29, 0.717) is 23.3 Å². The maximum absolute atomic E-state index is 13.6. The average molecular weight is 379 g/mol. The molecule has 1 aromatic rings. The van der Waals surface area contributed by atoms with Gasteiger partial charge in [0.1, 0.15) is 0 Å². The van der Waals surface area contributed by atoms with Crippen LogP contribution in [0.2, 0.25) is 0 Å². The summed E-state index contributed by atoms with van der Waals surface area (Å²) in [5.74, 6) is -0.309. The van der Waals surface area contributed by atoms with Crippen LogP contribution in [-0.2, 0) is 14.6 Å². The van der Waals surface area contributed by atoms with Gasteiger partial charge < -0.3 is 11.1 Å². The van der Waals surface area contributed by atoms with E-state index < -0.39 is 14.6 Å². The zero-order valence-electron chi connectivity index (χ0n) is 15.8. The first-order chi connectivity index (χ1) is 12.3. The molecule has 2 fully saturated rings. The van der Waals surface area contributed by atoms with Crippen LogP contribution in [0.3, 0.4) is 0 Å². The number of amides is 1. The average Bonchev–Trinajstić information content (AvgIpc) is 3.11. The van der Waals surface area contributed by atoms with Gasteiger partial charge in [0.25, 0.3) is 0 Å². The molecule has 1 aromatic carbocycles. The van der Waals surface area contributed by atoms with Crippen molar-refractivity contribution >= 4 is 15.7 Å². The van der Waals surface area contributed by atoms with Crippen molar-refractivity contribution in [2.45, 2.75) is 86.9 Å². The van der Waals surface area contributed by atoms with Gasteiger partial charge in [0.15, 0.2) is 14.6 Å². The van der Waals surface area contributed by atoms with Crippen LogP contribution in [0.25, 0.3) is 0 Å². The molecule has 0 radical (unpaired) electrons. The van der Waals surface area contributed by atoms with Crippen molar-refractivity contribution in [2.75, 3.05) is 0 Å². The quantitative estimate of drug-likeness (QED) is 0.843. The monoisotopic (exact) mass is 378 g/mol. The number of carbonyl (C=O) groups is 1. The number of nitrogens with one attached hydrogen (secondary N) is 1. The fraction of sp³-hybridized carbons (Fsp3) is 0.650. The number of rotatable bonds is 4. The molecule has 0 aromatic heterocycles. The smallest absolute Gasteiger partial charge is 0.242 e. The Morgan fingerprint density at radius 3 is 2.35 bits per heavy atom. The summed E-state index contributed by atoms with van der Waals surface area (Å²) in [6, 6.07) is 5.67. The Kier molecular flexibility index (Phi) is 5.45. The minimum atomic E-state index is -3.75. The fourth-order valence-corrected chi connectivity index (χ4v) is 6.73. The highest BCUT2D eigenvalue weighted by Crippen LogP contribution is 2.42. The van der Waals surface area contributed by atoms with Gasteiger partial charge in [-0.25, -0.2) is 8.42 Å². The highest BCUT2D eigenvalue weighted by atomic mass is 32.2. The largest absolute Gasteiger partial charge is 0.352 e. The number of aryl methyl sites for hydroxylation is 2. The number of carbonyl (C=O) groups excluding carboxylic acids is 1. The van der Waals surface area contributed by atoms with E-state index >= 15 is 0 Å². The molecule has 0 heterocycles. The zero-order valence-corrected chi connectivity index (χ0v) is 16.6. The molecule has 0 spiro atoms. The number of hydrogen-bond donors (Lipinski definition) is 2. The van der Waals surface area contributed by atoms with E-state index in [2.05, 4.69) is 5.32 Å². The van der Waals surface area contributed by atoms with Crippen molar-refractivity contribution in [2.24, 2.45) is 5.73 Å². The highest BCUT2D eigenvalue weighted by Gasteiger charge is 2.53. The Morgan fingerprint density at radius 2 is 1.73 bits per heavy atom. The Morgan fingerprint density at radius 1 is 1.12 bits per heavy atom. The van der Waals surface area contributed by atoms with Crippen molar-refractivity contribution in [3.63, 3.8) is 0 Å². The van der Waals surface area contributed by atoms with E-state index in [-0.39, 0.29) is 18.0 Å². The Balaban J connectivity index is 1.92. The van der Waals surface area contributed by atoms with Crippen LogP contribution >= 0.6 is 0 Å². The van der Waals surface area contributed by atoms with Gasteiger partial charge in [-0.05, 0) is 69.6 Å². The Bertz CT molecular complexity index is 774. The summed E-state index contributed by atoms with van der Waals surface area (Å²) in [7, 11) is -3.75. The molecule has 2 saturated carbocycles. The summed E-state index contributed by atoms with van der Waals surface area (Å²) >= 11 is 0. The van der Waals surface area contributed by atoms with Crippen molar-refractivity contribution in [3.8, 4) is 0 Å². The maximum atomic E-state index is 13.6. The van der Waals surface area contributed by atoms with E-state index in [1.54, 1.807) is 13.0 Å². The number of benzene rings is 1. The molecule has 0 unspecified atom stereocenters. The summed E-state index contributed by atoms with van der Waals surface area (Å²) in [5.41, 5.74) is 7.54. The number of hydrogen-bond acceptors (Lipinski definition) is 4. The second kappa shape index (κ2) is 7.31. The van der Waals surface area contributed by atoms with E-state index in [4.69, 9.17) is 5.73 Å². The van der Waals surface area contributed by atoms with Crippen molar-refractivity contribution in [3.05, 3.63) is 29.3 Å². The molecule has 26 heavy (non-hydrogen) atoms. The van der Waals surface area contributed by atoms with Gasteiger partial charge >= 0.3 is 0 Å². The fourth-order valence-electron chi connectivity index (χ4n) is 4.35. The zero-order chi connectivity index (χ0) is 18.9. The second-order valence-corrected chi connectivity index (χ2v) is 10.3. The van der Waals surface area contributed by atoms with Crippen LogP contribution in [0.4, 0.5) is 0 Å². The van der Waals surface area contributed by atoms with E-state index in [1.165, 1.54) is 0 Å². The van der Waals surface area contributed by atoms with Crippen LogP contribution in [0.5, 0.6) is 0 Å². The predicted octanol–water partition coefficient (Wildman–Crippen LogP) is 2.78. The first kappa shape index (κ1) is 19.4. The first-order valence-electron chi connectivity index (χ1n) is 9.65. The lowest BCUT2D eigenvalue weighted by atomic mass is 9.91. The van der Waals surface area contributed by atoms with Gasteiger partial charge in [-0.15, -0.1) is 0 Å². The molecule has 144 valence electrons. The molecule has 0 aliphatic heterocycles. The lowest BCUT2D eigenvalue weighted by Crippen LogP contribution is -2.54. The van der Waals surface area contributed by atoms with Crippen LogP contribution in [-0.4, -0.2) is 31.2 Å². The second-order valence-electron chi connectivity index (χ2n) is 8.06. The summed E-state index contributed by atoms with van der Waals surface area (Å²) in [4.78, 5) is 13.5. The van der Waals surface area contributed by atoms with Gasteiger partial charge in [0.2, 0.25) is 5.91 Å². The molecular weight excluding hydrogens is 348 g/mol. The van der Waals surface area contributed by atoms with Crippen molar-refractivity contribution in [1.29, 1.82) is 0 Å². The SMILES string of the molecule is Cc1ccc(C)c(S(=O)(=O)C2(C(=O)NC3CCC(N)CC3)CCCC2)c1. The molecular formula is C20H30N2O3S. The maximum Gasteiger partial charge on any atom is 0.242 e. The van der Waals surface area contributed by atoms with E-state index in [0.717, 1.165) is 44.1 Å².